The fourth-order valence-electron chi connectivity index (χ4n) is 1.89. The number of hydrogen-bond donors (Lipinski definition) is 1. The molecule has 0 unspecified atom stereocenters. The van der Waals surface area contributed by atoms with E-state index in [0.29, 0.717) is 15.7 Å². The first-order valence-corrected chi connectivity index (χ1v) is 8.14. The summed E-state index contributed by atoms with van der Waals surface area (Å²) in [7, 11) is 0. The Morgan fingerprint density at radius 2 is 1.71 bits per heavy atom. The second-order valence-corrected chi connectivity index (χ2v) is 6.16. The van der Waals surface area contributed by atoms with Gasteiger partial charge in [-0.3, -0.25) is 4.79 Å². The van der Waals surface area contributed by atoms with E-state index in [1.54, 1.807) is 6.08 Å². The van der Waals surface area contributed by atoms with Gasteiger partial charge in [0.2, 0.25) is 5.01 Å². The summed E-state index contributed by atoms with van der Waals surface area (Å²) < 4.78 is 12.9. The van der Waals surface area contributed by atoms with Crippen LogP contribution in [0.25, 0.3) is 11.1 Å². The van der Waals surface area contributed by atoms with Crippen LogP contribution in [0, 0.1) is 5.82 Å². The van der Waals surface area contributed by atoms with Crippen molar-refractivity contribution >= 4 is 45.6 Å². The number of anilines is 1. The predicted molar refractivity (Wildman–Crippen MR) is 94.4 cm³/mol. The summed E-state index contributed by atoms with van der Waals surface area (Å²) >= 11 is 7.31. The average Bonchev–Trinajstić information content (AvgIpc) is 3.08. The Bertz CT molecular complexity index is 878. The van der Waals surface area contributed by atoms with Crippen molar-refractivity contribution in [2.24, 2.45) is 0 Å². The molecule has 0 aliphatic rings. The molecule has 24 heavy (non-hydrogen) atoms. The van der Waals surface area contributed by atoms with Crippen LogP contribution in [-0.4, -0.2) is 16.1 Å². The first-order chi connectivity index (χ1) is 11.6. The Labute approximate surface area is 146 Å². The number of benzene rings is 2. The zero-order chi connectivity index (χ0) is 16.9. The van der Waals surface area contributed by atoms with E-state index in [1.165, 1.54) is 24.3 Å². The summed E-state index contributed by atoms with van der Waals surface area (Å²) in [5.41, 5.74) is 1.40. The van der Waals surface area contributed by atoms with Gasteiger partial charge in [-0.15, -0.1) is 10.2 Å². The van der Waals surface area contributed by atoms with Gasteiger partial charge in [0.15, 0.2) is 5.01 Å². The average molecular weight is 360 g/mol. The lowest BCUT2D eigenvalue weighted by Crippen LogP contribution is -2.11. The van der Waals surface area contributed by atoms with Crippen LogP contribution >= 0.6 is 22.9 Å². The van der Waals surface area contributed by atoms with Gasteiger partial charge in [-0.1, -0.05) is 53.3 Å². The van der Waals surface area contributed by atoms with Crippen LogP contribution in [0.4, 0.5) is 10.1 Å². The molecule has 3 aromatic rings. The fourth-order valence-corrected chi connectivity index (χ4v) is 2.81. The maximum Gasteiger partial charge on any atom is 0.286 e. The SMILES string of the molecule is O=C(Nc1ccc(F)cc1)c1nnc(/C(Cl)=C/c2ccccc2)s1. The number of nitrogens with zero attached hydrogens (tertiary/aromatic N) is 2. The Hall–Kier alpha value is -2.57. The van der Waals surface area contributed by atoms with Crippen LogP contribution in [0.1, 0.15) is 20.4 Å². The lowest BCUT2D eigenvalue weighted by molar-refractivity contribution is 0.102. The molecule has 0 aliphatic carbocycles. The summed E-state index contributed by atoms with van der Waals surface area (Å²) in [6.07, 6.45) is 1.75. The van der Waals surface area contributed by atoms with Crippen molar-refractivity contribution in [3.63, 3.8) is 0 Å². The molecule has 120 valence electrons. The van der Waals surface area contributed by atoms with Crippen LogP contribution in [-0.2, 0) is 0 Å². The highest BCUT2D eigenvalue weighted by atomic mass is 35.5. The number of nitrogens with one attached hydrogen (secondary N) is 1. The summed E-state index contributed by atoms with van der Waals surface area (Å²) in [6, 6.07) is 15.0. The molecule has 0 radical (unpaired) electrons. The molecule has 0 saturated carbocycles. The minimum absolute atomic E-state index is 0.175. The minimum atomic E-state index is -0.422. The van der Waals surface area contributed by atoms with Crippen LogP contribution in [0.15, 0.2) is 54.6 Å². The lowest BCUT2D eigenvalue weighted by atomic mass is 10.2. The molecule has 1 N–H and O–H groups in total. The normalized spacial score (nSPS) is 11.3. The van der Waals surface area contributed by atoms with Gasteiger partial charge in [0.25, 0.3) is 5.91 Å². The van der Waals surface area contributed by atoms with E-state index in [4.69, 9.17) is 11.6 Å². The second-order valence-electron chi connectivity index (χ2n) is 4.78. The zero-order valence-electron chi connectivity index (χ0n) is 12.2. The summed E-state index contributed by atoms with van der Waals surface area (Å²) in [6.45, 7) is 0. The van der Waals surface area contributed by atoms with E-state index >= 15 is 0 Å². The van der Waals surface area contributed by atoms with E-state index in [0.717, 1.165) is 16.9 Å². The van der Waals surface area contributed by atoms with Crippen molar-refractivity contribution in [2.45, 2.75) is 0 Å². The van der Waals surface area contributed by atoms with E-state index < -0.39 is 5.91 Å². The third-order valence-corrected chi connectivity index (χ3v) is 4.37. The van der Waals surface area contributed by atoms with Crippen molar-refractivity contribution in [3.8, 4) is 0 Å². The summed E-state index contributed by atoms with van der Waals surface area (Å²) in [5.74, 6) is -0.793. The Morgan fingerprint density at radius 1 is 1.04 bits per heavy atom. The largest absolute Gasteiger partial charge is 0.320 e. The van der Waals surface area contributed by atoms with Crippen molar-refractivity contribution in [1.29, 1.82) is 0 Å². The fraction of sp³-hybridized carbons (Fsp3) is 0. The Balaban J connectivity index is 1.74. The number of aromatic nitrogens is 2. The number of hydrogen-bond acceptors (Lipinski definition) is 4. The van der Waals surface area contributed by atoms with Gasteiger partial charge < -0.3 is 5.32 Å². The smallest absolute Gasteiger partial charge is 0.286 e. The van der Waals surface area contributed by atoms with Gasteiger partial charge in [-0.05, 0) is 35.9 Å². The predicted octanol–water partition coefficient (Wildman–Crippen LogP) is 4.67. The highest BCUT2D eigenvalue weighted by molar-refractivity contribution is 7.15. The van der Waals surface area contributed by atoms with Gasteiger partial charge in [-0.2, -0.15) is 0 Å². The maximum absolute atomic E-state index is 12.9. The standard InChI is InChI=1S/C17H11ClFN3OS/c18-14(10-11-4-2-1-3-5-11)16-21-22-17(24-16)15(23)20-13-8-6-12(19)7-9-13/h1-10H,(H,20,23)/b14-10-. The molecule has 3 rings (SSSR count). The number of halogens is 2. The highest BCUT2D eigenvalue weighted by Crippen LogP contribution is 2.25. The third-order valence-electron chi connectivity index (χ3n) is 3.02. The molecule has 4 nitrogen and oxygen atoms in total. The van der Waals surface area contributed by atoms with Crippen molar-refractivity contribution in [2.75, 3.05) is 5.32 Å². The first kappa shape index (κ1) is 16.3. The van der Waals surface area contributed by atoms with Crippen molar-refractivity contribution in [1.82, 2.24) is 10.2 Å². The second kappa shape index (κ2) is 7.33. The van der Waals surface area contributed by atoms with Crippen molar-refractivity contribution in [3.05, 3.63) is 76.0 Å². The zero-order valence-corrected chi connectivity index (χ0v) is 13.8. The third kappa shape index (κ3) is 4.04. The summed E-state index contributed by atoms with van der Waals surface area (Å²) in [4.78, 5) is 12.1. The van der Waals surface area contributed by atoms with Gasteiger partial charge in [0.1, 0.15) is 5.82 Å². The van der Waals surface area contributed by atoms with Gasteiger partial charge in [0, 0.05) is 5.69 Å². The molecular weight excluding hydrogens is 349 g/mol. The van der Waals surface area contributed by atoms with E-state index in [-0.39, 0.29) is 10.8 Å². The minimum Gasteiger partial charge on any atom is -0.320 e. The van der Waals surface area contributed by atoms with Gasteiger partial charge >= 0.3 is 0 Å². The van der Waals surface area contributed by atoms with Crippen LogP contribution in [0.5, 0.6) is 0 Å². The molecule has 1 heterocycles. The van der Waals surface area contributed by atoms with Crippen LogP contribution in [0.3, 0.4) is 0 Å². The molecule has 1 amide bonds. The van der Waals surface area contributed by atoms with Crippen molar-refractivity contribution < 1.29 is 9.18 Å². The first-order valence-electron chi connectivity index (χ1n) is 6.95. The molecule has 0 bridgehead atoms. The molecule has 0 atom stereocenters. The highest BCUT2D eigenvalue weighted by Gasteiger charge is 2.14. The van der Waals surface area contributed by atoms with E-state index in [2.05, 4.69) is 15.5 Å². The number of rotatable bonds is 4. The monoisotopic (exact) mass is 359 g/mol. The lowest BCUT2D eigenvalue weighted by Gasteiger charge is -2.01. The van der Waals surface area contributed by atoms with Gasteiger partial charge in [0.05, 0.1) is 5.03 Å². The number of amides is 1. The molecule has 0 fully saturated rings. The van der Waals surface area contributed by atoms with Crippen LogP contribution < -0.4 is 5.32 Å². The maximum atomic E-state index is 12.9. The molecule has 0 spiro atoms. The van der Waals surface area contributed by atoms with E-state index in [9.17, 15) is 9.18 Å². The number of carbonyl (C=O) groups excluding carboxylic acids is 1. The Kier molecular flexibility index (Phi) is 4.98. The molecular formula is C17H11ClFN3OS. The molecule has 2 aromatic carbocycles. The molecule has 0 saturated heterocycles. The summed E-state index contributed by atoms with van der Waals surface area (Å²) in [5, 5.41) is 11.4. The molecule has 7 heteroatoms. The quantitative estimate of drug-likeness (QED) is 0.736. The Morgan fingerprint density at radius 3 is 2.42 bits per heavy atom. The number of carbonyl (C=O) groups is 1. The topological polar surface area (TPSA) is 54.9 Å². The van der Waals surface area contributed by atoms with Gasteiger partial charge in [-0.25, -0.2) is 4.39 Å². The van der Waals surface area contributed by atoms with E-state index in [1.807, 2.05) is 30.3 Å². The molecule has 0 aliphatic heterocycles. The van der Waals surface area contributed by atoms with Crippen LogP contribution in [0.2, 0.25) is 0 Å². The molecule has 1 aromatic heterocycles.